The first-order valence-electron chi connectivity index (χ1n) is 7.80. The quantitative estimate of drug-likeness (QED) is 0.441. The fourth-order valence-corrected chi connectivity index (χ4v) is 3.28. The van der Waals surface area contributed by atoms with Gasteiger partial charge in [0, 0.05) is 18.3 Å². The highest BCUT2D eigenvalue weighted by Crippen LogP contribution is 2.40. The average molecular weight is 464 g/mol. The van der Waals surface area contributed by atoms with E-state index in [2.05, 4.69) is 26.3 Å². The summed E-state index contributed by atoms with van der Waals surface area (Å²) in [5.74, 6) is 0. The first-order valence-corrected chi connectivity index (χ1v) is 8.59. The summed E-state index contributed by atoms with van der Waals surface area (Å²) in [7, 11) is 1.71. The molecule has 3 rings (SSSR count). The maximum Gasteiger partial charge on any atom is 0.418 e. The number of aromatic nitrogens is 2. The van der Waals surface area contributed by atoms with E-state index in [1.54, 1.807) is 36.1 Å². The molecule has 1 N–H and O–H groups in total. The maximum absolute atomic E-state index is 13.3. The molecule has 0 bridgehead atoms. The molecule has 0 aliphatic heterocycles. The molecule has 0 spiro atoms. The van der Waals surface area contributed by atoms with Gasteiger partial charge in [-0.2, -0.15) is 31.4 Å². The van der Waals surface area contributed by atoms with E-state index in [-0.39, 0.29) is 11.8 Å². The van der Waals surface area contributed by atoms with Crippen LogP contribution in [0.2, 0.25) is 0 Å². The van der Waals surface area contributed by atoms with Gasteiger partial charge >= 0.3 is 12.4 Å². The van der Waals surface area contributed by atoms with Crippen LogP contribution in [0, 0.1) is 0 Å². The maximum atomic E-state index is 13.3. The summed E-state index contributed by atoms with van der Waals surface area (Å²) < 4.78 is 80.6. The summed E-state index contributed by atoms with van der Waals surface area (Å²) in [6.45, 7) is 0. The number of nitrogens with zero attached hydrogens (tertiary/aromatic N) is 2. The Morgan fingerprint density at radius 3 is 2.25 bits per heavy atom. The molecular formula is C18H12BrF6N3. The van der Waals surface area contributed by atoms with E-state index in [9.17, 15) is 26.3 Å². The van der Waals surface area contributed by atoms with Crippen LogP contribution in [0.15, 0.2) is 53.1 Å². The summed E-state index contributed by atoms with van der Waals surface area (Å²) in [5.41, 5.74) is -1.57. The molecule has 0 saturated heterocycles. The number of halogens is 7. The van der Waals surface area contributed by atoms with Crippen LogP contribution in [0.25, 0.3) is 11.3 Å². The van der Waals surface area contributed by atoms with Gasteiger partial charge in [-0.05, 0) is 46.3 Å². The minimum Gasteiger partial charge on any atom is -0.355 e. The summed E-state index contributed by atoms with van der Waals surface area (Å²) in [6.07, 6.45) is -8.25. The van der Waals surface area contributed by atoms with Crippen molar-refractivity contribution in [3.8, 4) is 11.3 Å². The molecule has 1 aromatic heterocycles. The Kier molecular flexibility index (Phi) is 5.18. The van der Waals surface area contributed by atoms with E-state index in [1.807, 2.05) is 0 Å². The van der Waals surface area contributed by atoms with Gasteiger partial charge in [-0.25, -0.2) is 0 Å². The lowest BCUT2D eigenvalue weighted by Crippen LogP contribution is -2.13. The Hall–Kier alpha value is -2.49. The zero-order valence-electron chi connectivity index (χ0n) is 14.2. The first-order chi connectivity index (χ1) is 13.0. The van der Waals surface area contributed by atoms with Gasteiger partial charge in [0.2, 0.25) is 0 Å². The van der Waals surface area contributed by atoms with E-state index in [0.29, 0.717) is 21.8 Å². The number of hydrogen-bond acceptors (Lipinski definition) is 2. The molecule has 0 saturated carbocycles. The molecule has 3 nitrogen and oxygen atoms in total. The van der Waals surface area contributed by atoms with Crippen LogP contribution in [0.5, 0.6) is 0 Å². The van der Waals surface area contributed by atoms with Crippen LogP contribution in [-0.2, 0) is 19.4 Å². The second kappa shape index (κ2) is 7.16. The highest BCUT2D eigenvalue weighted by Gasteiger charge is 2.38. The minimum atomic E-state index is -4.95. The Morgan fingerprint density at radius 2 is 1.68 bits per heavy atom. The topological polar surface area (TPSA) is 29.9 Å². The molecule has 10 heteroatoms. The van der Waals surface area contributed by atoms with Gasteiger partial charge in [-0.1, -0.05) is 12.1 Å². The number of nitrogens with one attached hydrogen (secondary N) is 1. The summed E-state index contributed by atoms with van der Waals surface area (Å²) in [5, 5.41) is 6.65. The van der Waals surface area contributed by atoms with Crippen LogP contribution in [0.1, 0.15) is 11.1 Å². The highest BCUT2D eigenvalue weighted by molar-refractivity contribution is 9.10. The van der Waals surface area contributed by atoms with Gasteiger partial charge in [0.25, 0.3) is 0 Å². The van der Waals surface area contributed by atoms with Gasteiger partial charge in [-0.3, -0.25) is 4.68 Å². The molecule has 148 valence electrons. The van der Waals surface area contributed by atoms with Crippen molar-refractivity contribution < 1.29 is 26.3 Å². The van der Waals surface area contributed by atoms with Crippen molar-refractivity contribution in [1.82, 2.24) is 9.78 Å². The molecule has 0 fully saturated rings. The second-order valence-corrected chi connectivity index (χ2v) is 6.78. The number of aryl methyl sites for hydroxylation is 1. The van der Waals surface area contributed by atoms with Crippen molar-refractivity contribution in [1.29, 1.82) is 0 Å². The predicted molar refractivity (Wildman–Crippen MR) is 96.1 cm³/mol. The number of rotatable bonds is 3. The van der Waals surface area contributed by atoms with Gasteiger partial charge < -0.3 is 5.32 Å². The molecule has 3 aromatic rings. The first kappa shape index (κ1) is 20.2. The predicted octanol–water partition coefficient (Wildman–Crippen LogP) is 6.63. The van der Waals surface area contributed by atoms with Crippen molar-refractivity contribution in [2.75, 3.05) is 5.32 Å². The van der Waals surface area contributed by atoms with Crippen LogP contribution in [0.3, 0.4) is 0 Å². The molecule has 0 amide bonds. The third-order valence-corrected chi connectivity index (χ3v) is 4.54. The van der Waals surface area contributed by atoms with Crippen molar-refractivity contribution in [2.45, 2.75) is 12.4 Å². The van der Waals surface area contributed by atoms with Gasteiger partial charge in [-0.15, -0.1) is 0 Å². The minimum absolute atomic E-state index is 0.101. The van der Waals surface area contributed by atoms with Gasteiger partial charge in [0.15, 0.2) is 0 Å². The molecule has 1 heterocycles. The summed E-state index contributed by atoms with van der Waals surface area (Å²) in [4.78, 5) is 0. The monoisotopic (exact) mass is 463 g/mol. The van der Waals surface area contributed by atoms with E-state index in [0.717, 1.165) is 6.07 Å². The Morgan fingerprint density at radius 1 is 0.964 bits per heavy atom. The van der Waals surface area contributed by atoms with Crippen LogP contribution < -0.4 is 5.32 Å². The third kappa shape index (κ3) is 4.16. The standard InChI is InChI=1S/C18H12BrF6N3/c1-28-16(14(19)9-26-28)10-3-2-4-12(7-10)27-15-6-5-11(17(20,21)22)8-13(15)18(23,24)25/h2-9,27H,1H3. The Bertz CT molecular complexity index is 988. The van der Waals surface area contributed by atoms with Crippen LogP contribution in [-0.4, -0.2) is 9.78 Å². The lowest BCUT2D eigenvalue weighted by atomic mass is 10.1. The van der Waals surface area contributed by atoms with E-state index >= 15 is 0 Å². The van der Waals surface area contributed by atoms with Crippen LogP contribution >= 0.6 is 15.9 Å². The third-order valence-electron chi connectivity index (χ3n) is 3.96. The van der Waals surface area contributed by atoms with Crippen molar-refractivity contribution in [3.63, 3.8) is 0 Å². The largest absolute Gasteiger partial charge is 0.418 e. The fraction of sp³-hybridized carbons (Fsp3) is 0.167. The number of alkyl halides is 6. The molecule has 0 unspecified atom stereocenters. The van der Waals surface area contributed by atoms with Crippen molar-refractivity contribution >= 4 is 27.3 Å². The van der Waals surface area contributed by atoms with Crippen LogP contribution in [0.4, 0.5) is 37.7 Å². The molecule has 0 aliphatic rings. The van der Waals surface area contributed by atoms with E-state index < -0.39 is 29.2 Å². The number of anilines is 2. The molecule has 0 atom stereocenters. The second-order valence-electron chi connectivity index (χ2n) is 5.93. The summed E-state index contributed by atoms with van der Waals surface area (Å²) in [6, 6.07) is 7.95. The number of hydrogen-bond donors (Lipinski definition) is 1. The zero-order valence-corrected chi connectivity index (χ0v) is 15.7. The van der Waals surface area contributed by atoms with E-state index in [4.69, 9.17) is 0 Å². The van der Waals surface area contributed by atoms with E-state index in [1.165, 1.54) is 6.07 Å². The highest BCUT2D eigenvalue weighted by atomic mass is 79.9. The van der Waals surface area contributed by atoms with Crippen molar-refractivity contribution in [3.05, 3.63) is 64.3 Å². The molecule has 28 heavy (non-hydrogen) atoms. The molecule has 2 aromatic carbocycles. The Labute approximate surface area is 164 Å². The lowest BCUT2D eigenvalue weighted by Gasteiger charge is -2.17. The molecule has 0 radical (unpaired) electrons. The van der Waals surface area contributed by atoms with Gasteiger partial charge in [0.1, 0.15) is 0 Å². The smallest absolute Gasteiger partial charge is 0.355 e. The number of benzene rings is 2. The molecular weight excluding hydrogens is 452 g/mol. The average Bonchev–Trinajstić information content (AvgIpc) is 2.92. The fourth-order valence-electron chi connectivity index (χ4n) is 2.70. The molecule has 0 aliphatic carbocycles. The lowest BCUT2D eigenvalue weighted by molar-refractivity contribution is -0.142. The summed E-state index contributed by atoms with van der Waals surface area (Å²) >= 11 is 3.35. The SMILES string of the molecule is Cn1ncc(Br)c1-c1cccc(Nc2ccc(C(F)(F)F)cc2C(F)(F)F)c1. The zero-order chi connectivity index (χ0) is 20.7. The van der Waals surface area contributed by atoms with Crippen molar-refractivity contribution in [2.24, 2.45) is 7.05 Å². The normalized spacial score (nSPS) is 12.3. The Balaban J connectivity index is 2.02. The van der Waals surface area contributed by atoms with Gasteiger partial charge in [0.05, 0.1) is 33.2 Å².